The van der Waals surface area contributed by atoms with Crippen LogP contribution in [0.25, 0.3) is 10.9 Å². The van der Waals surface area contributed by atoms with Gasteiger partial charge in [0.05, 0.1) is 17.3 Å². The van der Waals surface area contributed by atoms with Crippen LogP contribution in [0.1, 0.15) is 27.2 Å². The Balaban J connectivity index is 1.97. The number of pyridine rings is 1. The maximum Gasteiger partial charge on any atom is 0.308 e. The molecule has 20 heavy (non-hydrogen) atoms. The summed E-state index contributed by atoms with van der Waals surface area (Å²) in [7, 11) is 0. The molecular weight excluding hydrogens is 322 g/mol. The van der Waals surface area contributed by atoms with Crippen molar-refractivity contribution < 1.29 is 9.53 Å². The van der Waals surface area contributed by atoms with E-state index in [-0.39, 0.29) is 5.97 Å². The lowest BCUT2D eigenvalue weighted by atomic mass is 10.2. The Morgan fingerprint density at radius 3 is 2.95 bits per heavy atom. The number of fused-ring (bicyclic) bond motifs is 1. The molecule has 0 unspecified atom stereocenters. The zero-order valence-corrected chi connectivity index (χ0v) is 13.4. The lowest BCUT2D eigenvalue weighted by molar-refractivity contribution is -0.154. The molecule has 2 aromatic heterocycles. The fraction of sp³-hybridized carbons (Fsp3) is 0.429. The van der Waals surface area contributed by atoms with Crippen LogP contribution in [0, 0.1) is 0 Å². The number of nitrogens with zero attached hydrogens (tertiary/aromatic N) is 1. The number of hydrogen-bond acceptors (Lipinski definition) is 4. The predicted octanol–water partition coefficient (Wildman–Crippen LogP) is 3.47. The smallest absolute Gasteiger partial charge is 0.308 e. The summed E-state index contributed by atoms with van der Waals surface area (Å²) in [5.74, 6) is 0.532. The van der Waals surface area contributed by atoms with Gasteiger partial charge >= 0.3 is 5.97 Å². The number of carbonyl (C=O) groups is 1. The lowest BCUT2D eigenvalue weighted by Gasteiger charge is -2.19. The van der Waals surface area contributed by atoms with Crippen LogP contribution in [0.2, 0.25) is 0 Å². The molecule has 0 spiro atoms. The molecule has 5 nitrogen and oxygen atoms in total. The van der Waals surface area contributed by atoms with Crippen molar-refractivity contribution in [3.63, 3.8) is 0 Å². The summed E-state index contributed by atoms with van der Waals surface area (Å²) in [6.45, 7) is 6.06. The fourth-order valence-electron chi connectivity index (χ4n) is 1.85. The first-order valence-corrected chi connectivity index (χ1v) is 7.23. The van der Waals surface area contributed by atoms with E-state index in [1.54, 1.807) is 6.20 Å². The number of anilines is 1. The van der Waals surface area contributed by atoms with Crippen LogP contribution in [0.3, 0.4) is 0 Å². The molecule has 2 aromatic rings. The standard InChI is InChI=1S/C14H18BrN3O2/c1-14(2,3)20-11(19)5-7-17-13-12-9(15)8-18-10(12)4-6-16-13/h4,6,8,18H,5,7H2,1-3H3,(H,16,17). The molecule has 0 radical (unpaired) electrons. The molecule has 0 fully saturated rings. The second kappa shape index (κ2) is 5.83. The summed E-state index contributed by atoms with van der Waals surface area (Å²) in [4.78, 5) is 19.1. The van der Waals surface area contributed by atoms with Gasteiger partial charge in [-0.25, -0.2) is 4.98 Å². The van der Waals surface area contributed by atoms with Gasteiger partial charge in [0.2, 0.25) is 0 Å². The monoisotopic (exact) mass is 339 g/mol. The highest BCUT2D eigenvalue weighted by molar-refractivity contribution is 9.10. The molecule has 0 aromatic carbocycles. The Morgan fingerprint density at radius 1 is 1.50 bits per heavy atom. The van der Waals surface area contributed by atoms with Crippen molar-refractivity contribution in [2.45, 2.75) is 32.8 Å². The van der Waals surface area contributed by atoms with Crippen LogP contribution >= 0.6 is 15.9 Å². The van der Waals surface area contributed by atoms with Crippen LogP contribution in [0.4, 0.5) is 5.82 Å². The highest BCUT2D eigenvalue weighted by Gasteiger charge is 2.16. The average molecular weight is 340 g/mol. The zero-order chi connectivity index (χ0) is 14.8. The molecule has 2 rings (SSSR count). The SMILES string of the molecule is CC(C)(C)OC(=O)CCNc1nccc2[nH]cc(Br)c12. The minimum absolute atomic E-state index is 0.217. The quantitative estimate of drug-likeness (QED) is 0.837. The van der Waals surface area contributed by atoms with Gasteiger partial charge in [0.1, 0.15) is 11.4 Å². The molecule has 0 atom stereocenters. The van der Waals surface area contributed by atoms with Crippen LogP contribution in [-0.4, -0.2) is 28.1 Å². The van der Waals surface area contributed by atoms with Crippen molar-refractivity contribution in [2.75, 3.05) is 11.9 Å². The predicted molar refractivity (Wildman–Crippen MR) is 82.7 cm³/mol. The molecule has 0 bridgehead atoms. The normalized spacial score (nSPS) is 11.6. The third-order valence-electron chi connectivity index (χ3n) is 2.59. The fourth-order valence-corrected chi connectivity index (χ4v) is 2.36. The topological polar surface area (TPSA) is 67.0 Å². The van der Waals surface area contributed by atoms with Crippen LogP contribution in [0.15, 0.2) is 22.9 Å². The second-order valence-electron chi connectivity index (χ2n) is 5.48. The van der Waals surface area contributed by atoms with Crippen LogP contribution < -0.4 is 5.32 Å². The van der Waals surface area contributed by atoms with Crippen LogP contribution in [-0.2, 0) is 9.53 Å². The Morgan fingerprint density at radius 2 is 2.25 bits per heavy atom. The van der Waals surface area contributed by atoms with Gasteiger partial charge in [0.25, 0.3) is 0 Å². The third-order valence-corrected chi connectivity index (χ3v) is 3.21. The molecule has 0 aliphatic carbocycles. The molecular formula is C14H18BrN3O2. The summed E-state index contributed by atoms with van der Waals surface area (Å²) in [6, 6.07) is 1.90. The summed E-state index contributed by atoms with van der Waals surface area (Å²) in [5, 5.41) is 4.15. The van der Waals surface area contributed by atoms with E-state index in [9.17, 15) is 4.79 Å². The second-order valence-corrected chi connectivity index (χ2v) is 6.34. The molecule has 2 heterocycles. The van der Waals surface area contributed by atoms with Crippen molar-refractivity contribution in [3.05, 3.63) is 22.9 Å². The van der Waals surface area contributed by atoms with Gasteiger partial charge in [0, 0.05) is 23.4 Å². The average Bonchev–Trinajstić information content (AvgIpc) is 2.70. The summed E-state index contributed by atoms with van der Waals surface area (Å²) in [5.41, 5.74) is 0.547. The Bertz CT molecular complexity index is 616. The first-order valence-electron chi connectivity index (χ1n) is 6.44. The molecule has 0 aliphatic heterocycles. The summed E-state index contributed by atoms with van der Waals surface area (Å²) < 4.78 is 6.20. The highest BCUT2D eigenvalue weighted by atomic mass is 79.9. The number of halogens is 1. The van der Waals surface area contributed by atoms with E-state index in [0.29, 0.717) is 13.0 Å². The number of ether oxygens (including phenoxy) is 1. The summed E-state index contributed by atoms with van der Waals surface area (Å²) in [6.07, 6.45) is 3.89. The lowest BCUT2D eigenvalue weighted by Crippen LogP contribution is -2.25. The highest BCUT2D eigenvalue weighted by Crippen LogP contribution is 2.28. The van der Waals surface area contributed by atoms with Crippen molar-refractivity contribution in [2.24, 2.45) is 0 Å². The zero-order valence-electron chi connectivity index (χ0n) is 11.8. The third kappa shape index (κ3) is 3.72. The number of H-pyrrole nitrogens is 1. The van der Waals surface area contributed by atoms with E-state index < -0.39 is 5.60 Å². The van der Waals surface area contributed by atoms with E-state index in [4.69, 9.17) is 4.74 Å². The van der Waals surface area contributed by atoms with E-state index in [2.05, 4.69) is 31.2 Å². The Hall–Kier alpha value is -1.56. The molecule has 0 amide bonds. The van der Waals surface area contributed by atoms with E-state index in [1.165, 1.54) is 0 Å². The molecule has 0 aliphatic rings. The van der Waals surface area contributed by atoms with Crippen molar-refractivity contribution in [1.82, 2.24) is 9.97 Å². The summed E-state index contributed by atoms with van der Waals surface area (Å²) >= 11 is 3.48. The van der Waals surface area contributed by atoms with Crippen molar-refractivity contribution >= 4 is 38.6 Å². The van der Waals surface area contributed by atoms with Gasteiger partial charge in [-0.1, -0.05) is 0 Å². The molecule has 0 saturated carbocycles. The maximum absolute atomic E-state index is 11.6. The van der Waals surface area contributed by atoms with E-state index in [1.807, 2.05) is 33.0 Å². The first kappa shape index (κ1) is 14.8. The number of carbonyl (C=O) groups excluding carboxylic acids is 1. The maximum atomic E-state index is 11.6. The van der Waals surface area contributed by atoms with Gasteiger partial charge in [-0.3, -0.25) is 4.79 Å². The van der Waals surface area contributed by atoms with E-state index >= 15 is 0 Å². The Kier molecular flexibility index (Phi) is 4.32. The van der Waals surface area contributed by atoms with Gasteiger partial charge < -0.3 is 15.0 Å². The number of aromatic amines is 1. The Labute approximate surface area is 126 Å². The number of esters is 1. The number of nitrogens with one attached hydrogen (secondary N) is 2. The van der Waals surface area contributed by atoms with Crippen molar-refractivity contribution in [1.29, 1.82) is 0 Å². The van der Waals surface area contributed by atoms with E-state index in [0.717, 1.165) is 21.2 Å². The van der Waals surface area contributed by atoms with Crippen molar-refractivity contribution in [3.8, 4) is 0 Å². The van der Waals surface area contributed by atoms with Crippen LogP contribution in [0.5, 0.6) is 0 Å². The minimum Gasteiger partial charge on any atom is -0.460 e. The largest absolute Gasteiger partial charge is 0.460 e. The minimum atomic E-state index is -0.445. The first-order chi connectivity index (χ1) is 9.37. The van der Waals surface area contributed by atoms with Gasteiger partial charge in [-0.2, -0.15) is 0 Å². The van der Waals surface area contributed by atoms with Gasteiger partial charge in [-0.05, 0) is 42.8 Å². The molecule has 108 valence electrons. The molecule has 6 heteroatoms. The molecule has 0 saturated heterocycles. The van der Waals surface area contributed by atoms with Gasteiger partial charge in [-0.15, -0.1) is 0 Å². The number of hydrogen-bond donors (Lipinski definition) is 2. The number of aromatic nitrogens is 2. The molecule has 2 N–H and O–H groups in total. The van der Waals surface area contributed by atoms with Gasteiger partial charge in [0.15, 0.2) is 0 Å². The number of rotatable bonds is 4.